The first kappa shape index (κ1) is 22.4. The molecule has 0 amide bonds. The van der Waals surface area contributed by atoms with Crippen molar-refractivity contribution in [2.24, 2.45) is 0 Å². The Morgan fingerprint density at radius 1 is 1.12 bits per heavy atom. The number of carbonyl (C=O) groups is 1. The lowest BCUT2D eigenvalue weighted by Crippen LogP contribution is -2.25. The molecule has 2 aromatic carbocycles. The molecule has 0 spiro atoms. The van der Waals surface area contributed by atoms with E-state index in [1.165, 1.54) is 16.7 Å². The van der Waals surface area contributed by atoms with Crippen molar-refractivity contribution < 1.29 is 14.3 Å². The van der Waals surface area contributed by atoms with E-state index in [1.807, 2.05) is 48.6 Å². The summed E-state index contributed by atoms with van der Waals surface area (Å²) in [6, 6.07) is 14.2. The van der Waals surface area contributed by atoms with E-state index in [0.717, 1.165) is 22.3 Å². The van der Waals surface area contributed by atoms with Crippen molar-refractivity contribution in [1.29, 1.82) is 0 Å². The Morgan fingerprint density at radius 2 is 1.94 bits per heavy atom. The van der Waals surface area contributed by atoms with Crippen LogP contribution >= 0.6 is 35.4 Å². The van der Waals surface area contributed by atoms with Crippen LogP contribution in [0.3, 0.4) is 0 Å². The number of hydrogen-bond donors (Lipinski definition) is 2. The number of aromatic nitrogens is 2. The average Bonchev–Trinajstić information content (AvgIpc) is 3.22. The number of halogens is 2. The molecule has 1 atom stereocenters. The molecule has 1 aliphatic carbocycles. The maximum Gasteiger partial charge on any atom is 0.371 e. The monoisotopic (exact) mass is 510 g/mol. The van der Waals surface area contributed by atoms with Crippen molar-refractivity contribution in [3.8, 4) is 11.1 Å². The van der Waals surface area contributed by atoms with E-state index in [9.17, 15) is 9.59 Å². The summed E-state index contributed by atoms with van der Waals surface area (Å²) in [5.74, 6) is -1.38. The lowest BCUT2D eigenvalue weighted by Gasteiger charge is -2.18. The molecule has 9 heteroatoms. The zero-order valence-electron chi connectivity index (χ0n) is 17.4. The number of aromatic amines is 1. The maximum atomic E-state index is 12.6. The highest BCUT2D eigenvalue weighted by Gasteiger charge is 2.24. The van der Waals surface area contributed by atoms with Crippen LogP contribution in [-0.4, -0.2) is 20.6 Å². The molecular weight excluding hydrogens is 495 g/mol. The number of fused-ring (bicyclic) bond motifs is 3. The summed E-state index contributed by atoms with van der Waals surface area (Å²) >= 11 is 18.6. The number of nitrogens with one attached hydrogen (secondary N) is 1. The molecule has 1 aliphatic rings. The minimum Gasteiger partial charge on any atom is -0.475 e. The van der Waals surface area contributed by atoms with Crippen LogP contribution in [0, 0.1) is 4.64 Å². The van der Waals surface area contributed by atoms with Gasteiger partial charge in [0.2, 0.25) is 5.76 Å². The Morgan fingerprint density at radius 3 is 2.71 bits per heavy atom. The third kappa shape index (κ3) is 3.92. The number of H-pyrrole nitrogens is 1. The zero-order valence-corrected chi connectivity index (χ0v) is 19.7. The second-order valence-corrected chi connectivity index (χ2v) is 9.01. The summed E-state index contributed by atoms with van der Waals surface area (Å²) in [6.07, 6.45) is 5.55. The first-order valence-electron chi connectivity index (χ1n) is 10.2. The molecule has 0 saturated carbocycles. The largest absolute Gasteiger partial charge is 0.475 e. The van der Waals surface area contributed by atoms with E-state index < -0.39 is 11.7 Å². The molecule has 0 radical (unpaired) electrons. The average molecular weight is 511 g/mol. The normalized spacial score (nSPS) is 14.4. The Kier molecular flexibility index (Phi) is 5.77. The third-order valence-corrected chi connectivity index (χ3v) is 6.78. The van der Waals surface area contributed by atoms with E-state index in [0.29, 0.717) is 26.0 Å². The number of allylic oxidation sites excluding steroid dienone is 1. The summed E-state index contributed by atoms with van der Waals surface area (Å²) in [5, 5.41) is 10.3. The van der Waals surface area contributed by atoms with Gasteiger partial charge in [-0.3, -0.25) is 4.57 Å². The molecule has 2 N–H and O–H groups in total. The van der Waals surface area contributed by atoms with Gasteiger partial charge in [-0.1, -0.05) is 65.8 Å². The summed E-state index contributed by atoms with van der Waals surface area (Å²) in [6.45, 7) is -0.00868. The topological polar surface area (TPSA) is 88.2 Å². The fourth-order valence-electron chi connectivity index (χ4n) is 4.17. The van der Waals surface area contributed by atoms with Crippen LogP contribution in [0.15, 0.2) is 70.0 Å². The van der Waals surface area contributed by atoms with Gasteiger partial charge in [0.05, 0.1) is 6.54 Å². The molecule has 0 fully saturated rings. The molecule has 0 aliphatic heterocycles. The fourth-order valence-corrected chi connectivity index (χ4v) is 4.91. The van der Waals surface area contributed by atoms with Gasteiger partial charge in [0.1, 0.15) is 10.4 Å². The number of benzene rings is 2. The zero-order chi connectivity index (χ0) is 24.0. The predicted octanol–water partition coefficient (Wildman–Crippen LogP) is 6.38. The van der Waals surface area contributed by atoms with Gasteiger partial charge in [-0.2, -0.15) is 0 Å². The third-order valence-electron chi connectivity index (χ3n) is 5.76. The van der Waals surface area contributed by atoms with Gasteiger partial charge >= 0.3 is 11.7 Å². The number of hydrogen-bond acceptors (Lipinski definition) is 4. The van der Waals surface area contributed by atoms with Gasteiger partial charge in [-0.05, 0) is 47.0 Å². The Bertz CT molecular complexity index is 1600. The Labute approximate surface area is 208 Å². The van der Waals surface area contributed by atoms with E-state index in [2.05, 4.69) is 4.98 Å². The van der Waals surface area contributed by atoms with Gasteiger partial charge < -0.3 is 14.5 Å². The van der Waals surface area contributed by atoms with Crippen molar-refractivity contribution in [3.05, 3.63) is 114 Å². The van der Waals surface area contributed by atoms with Crippen LogP contribution in [0.1, 0.15) is 38.9 Å². The van der Waals surface area contributed by atoms with Crippen LogP contribution in [-0.2, 0) is 6.54 Å². The van der Waals surface area contributed by atoms with Gasteiger partial charge in [0.15, 0.2) is 0 Å². The number of rotatable bonds is 4. The number of aromatic carboxylic acids is 1. The van der Waals surface area contributed by atoms with Crippen molar-refractivity contribution in [2.75, 3.05) is 0 Å². The number of nitrogens with zero attached hydrogens (tertiary/aromatic N) is 1. The van der Waals surface area contributed by atoms with Gasteiger partial charge in [0.25, 0.3) is 0 Å². The molecule has 170 valence electrons. The van der Waals surface area contributed by atoms with Crippen LogP contribution in [0.4, 0.5) is 0 Å². The van der Waals surface area contributed by atoms with Crippen LogP contribution < -0.4 is 5.69 Å². The van der Waals surface area contributed by atoms with Gasteiger partial charge in [-0.25, -0.2) is 9.59 Å². The number of furan rings is 1. The van der Waals surface area contributed by atoms with Crippen LogP contribution in [0.5, 0.6) is 0 Å². The number of carboxylic acids is 1. The number of carboxylic acid groups (broad SMARTS) is 1. The predicted molar refractivity (Wildman–Crippen MR) is 133 cm³/mol. The first-order chi connectivity index (χ1) is 16.3. The molecule has 2 heterocycles. The molecule has 0 bridgehead atoms. The first-order valence-corrected chi connectivity index (χ1v) is 11.4. The van der Waals surface area contributed by atoms with Gasteiger partial charge in [-0.15, -0.1) is 0 Å². The highest BCUT2D eigenvalue weighted by Crippen LogP contribution is 2.42. The van der Waals surface area contributed by atoms with Crippen molar-refractivity contribution in [2.45, 2.75) is 12.5 Å². The standard InChI is InChI=1S/C25H16Cl2N2O4S/c26-13-4-6-16-17(7-8-18-15(19(16)10-13)2-1-3-21(18)27)20-11-28-25(32)29(23(20)34)12-14-5-9-22(33-14)24(30)31/h1-11,17H,12H2,(H,28,32)(H,30,31). The molecule has 2 aromatic heterocycles. The second kappa shape index (κ2) is 8.76. The summed E-state index contributed by atoms with van der Waals surface area (Å²) < 4.78 is 6.99. The minimum absolute atomic E-state index is 0.00868. The second-order valence-electron chi connectivity index (χ2n) is 7.78. The minimum atomic E-state index is -1.19. The summed E-state index contributed by atoms with van der Waals surface area (Å²) in [7, 11) is 0. The van der Waals surface area contributed by atoms with Crippen LogP contribution in [0.25, 0.3) is 17.2 Å². The highest BCUT2D eigenvalue weighted by atomic mass is 35.5. The lowest BCUT2D eigenvalue weighted by molar-refractivity contribution is 0.0660. The van der Waals surface area contributed by atoms with Crippen LogP contribution in [0.2, 0.25) is 10.0 Å². The summed E-state index contributed by atoms with van der Waals surface area (Å²) in [4.78, 5) is 26.5. The van der Waals surface area contributed by atoms with E-state index in [4.69, 9.17) is 44.9 Å². The molecule has 6 nitrogen and oxygen atoms in total. The molecule has 5 rings (SSSR count). The highest BCUT2D eigenvalue weighted by molar-refractivity contribution is 7.71. The quantitative estimate of drug-likeness (QED) is 0.311. The van der Waals surface area contributed by atoms with E-state index >= 15 is 0 Å². The fraction of sp³-hybridized carbons (Fsp3) is 0.0800. The Hall–Kier alpha value is -3.39. The Balaban J connectivity index is 1.66. The maximum absolute atomic E-state index is 12.6. The molecule has 34 heavy (non-hydrogen) atoms. The molecule has 0 saturated heterocycles. The molecule has 1 unspecified atom stereocenters. The lowest BCUT2D eigenvalue weighted by atomic mass is 9.88. The van der Waals surface area contributed by atoms with E-state index in [1.54, 1.807) is 6.20 Å². The van der Waals surface area contributed by atoms with E-state index in [-0.39, 0.29) is 18.2 Å². The smallest absolute Gasteiger partial charge is 0.371 e. The molecular formula is C25H16Cl2N2O4S. The van der Waals surface area contributed by atoms with Crippen molar-refractivity contribution >= 4 is 47.5 Å². The summed E-state index contributed by atoms with van der Waals surface area (Å²) in [5.41, 5.74) is 3.96. The van der Waals surface area contributed by atoms with Crippen molar-refractivity contribution in [1.82, 2.24) is 9.55 Å². The SMILES string of the molecule is O=C(O)c1ccc(Cn2c(=O)[nH]cc(C3C=Cc4c(Cl)cccc4-c4cc(Cl)ccc43)c2=S)o1. The molecule has 4 aromatic rings. The van der Waals surface area contributed by atoms with Gasteiger partial charge in [0, 0.05) is 33.3 Å². The van der Waals surface area contributed by atoms with Crippen molar-refractivity contribution in [3.63, 3.8) is 0 Å².